The van der Waals surface area contributed by atoms with Gasteiger partial charge >= 0.3 is 0 Å². The summed E-state index contributed by atoms with van der Waals surface area (Å²) in [7, 11) is 0. The number of guanidine groups is 1. The fourth-order valence-corrected chi connectivity index (χ4v) is 2.05. The van der Waals surface area contributed by atoms with E-state index < -0.39 is 0 Å². The van der Waals surface area contributed by atoms with Crippen molar-refractivity contribution < 1.29 is 0 Å². The summed E-state index contributed by atoms with van der Waals surface area (Å²) in [5.41, 5.74) is 1.15. The van der Waals surface area contributed by atoms with Gasteiger partial charge in [-0.2, -0.15) is 0 Å². The molecular weight excluding hydrogens is 194 g/mol. The van der Waals surface area contributed by atoms with Gasteiger partial charge in [0.05, 0.1) is 16.6 Å². The van der Waals surface area contributed by atoms with Gasteiger partial charge in [0.2, 0.25) is 5.96 Å². The van der Waals surface area contributed by atoms with E-state index in [1.807, 2.05) is 12.1 Å². The molecule has 0 aromatic heterocycles. The van der Waals surface area contributed by atoms with E-state index in [0.717, 1.165) is 11.6 Å². The Bertz CT molecular complexity index is 385. The number of hydrogen-bond acceptors (Lipinski definition) is 2. The van der Waals surface area contributed by atoms with Crippen LogP contribution in [0.5, 0.6) is 0 Å². The molecular formula is C10H11N3S. The van der Waals surface area contributed by atoms with Crippen LogP contribution < -0.4 is 10.0 Å². The zero-order valence-electron chi connectivity index (χ0n) is 7.66. The number of para-hydroxylation sites is 1. The predicted octanol–water partition coefficient (Wildman–Crippen LogP) is 2.23. The van der Waals surface area contributed by atoms with Gasteiger partial charge in [0.25, 0.3) is 0 Å². The number of nitrogens with one attached hydrogen (secondary N) is 2. The first kappa shape index (κ1) is 8.17. The van der Waals surface area contributed by atoms with Crippen LogP contribution in [0.1, 0.15) is 12.8 Å². The van der Waals surface area contributed by atoms with Crippen molar-refractivity contribution in [2.45, 2.75) is 23.8 Å². The molecule has 0 saturated heterocycles. The second-order valence-electron chi connectivity index (χ2n) is 3.53. The van der Waals surface area contributed by atoms with Crippen LogP contribution >= 0.6 is 11.9 Å². The first-order valence-corrected chi connectivity index (χ1v) is 5.60. The van der Waals surface area contributed by atoms with Crippen molar-refractivity contribution >= 4 is 23.6 Å². The highest BCUT2D eigenvalue weighted by molar-refractivity contribution is 7.98. The summed E-state index contributed by atoms with van der Waals surface area (Å²) in [6, 6.07) is 8.79. The molecule has 2 aliphatic rings. The second-order valence-corrected chi connectivity index (χ2v) is 4.38. The number of hydrogen-bond donors (Lipinski definition) is 2. The first-order valence-electron chi connectivity index (χ1n) is 4.78. The standard InChI is InChI=1S/C10H11N3S/c1-2-4-9-8(3-1)12-10(13-14-9)11-7-5-6-7/h1-4,7H,5-6H2,(H2,11,12,13). The third-order valence-corrected chi connectivity index (χ3v) is 3.13. The van der Waals surface area contributed by atoms with Crippen molar-refractivity contribution in [1.82, 2.24) is 4.72 Å². The summed E-state index contributed by atoms with van der Waals surface area (Å²) in [5, 5.41) is 3.29. The van der Waals surface area contributed by atoms with Crippen molar-refractivity contribution in [3.63, 3.8) is 0 Å². The lowest BCUT2D eigenvalue weighted by atomic mass is 10.3. The van der Waals surface area contributed by atoms with Gasteiger partial charge in [0.1, 0.15) is 0 Å². The predicted molar refractivity (Wildman–Crippen MR) is 59.5 cm³/mol. The molecule has 1 aromatic carbocycles. The Morgan fingerprint density at radius 1 is 1.29 bits per heavy atom. The van der Waals surface area contributed by atoms with Crippen molar-refractivity contribution in [2.24, 2.45) is 4.99 Å². The molecule has 0 atom stereocenters. The number of aliphatic imine (C=N–C) groups is 1. The highest BCUT2D eigenvalue weighted by Crippen LogP contribution is 2.29. The number of benzene rings is 1. The van der Waals surface area contributed by atoms with Crippen LogP contribution in [0.4, 0.5) is 5.69 Å². The molecule has 0 amide bonds. The third-order valence-electron chi connectivity index (χ3n) is 2.26. The van der Waals surface area contributed by atoms with Crippen LogP contribution in [-0.2, 0) is 0 Å². The molecule has 1 aliphatic heterocycles. The zero-order chi connectivity index (χ0) is 9.38. The number of nitrogens with zero attached hydrogens (tertiary/aromatic N) is 1. The van der Waals surface area contributed by atoms with Crippen LogP contribution in [0.3, 0.4) is 0 Å². The highest BCUT2D eigenvalue weighted by Gasteiger charge is 2.22. The Morgan fingerprint density at radius 2 is 2.14 bits per heavy atom. The van der Waals surface area contributed by atoms with E-state index in [9.17, 15) is 0 Å². The number of fused-ring (bicyclic) bond motifs is 1. The molecule has 1 aromatic rings. The SMILES string of the molecule is c1ccc2c(c1)NC(=NC1CC1)NS2. The smallest absolute Gasteiger partial charge is 0.206 e. The molecule has 3 rings (SSSR count). The van der Waals surface area contributed by atoms with Crippen molar-refractivity contribution in [3.8, 4) is 0 Å². The molecule has 14 heavy (non-hydrogen) atoms. The quantitative estimate of drug-likeness (QED) is 0.690. The van der Waals surface area contributed by atoms with E-state index >= 15 is 0 Å². The normalized spacial score (nSPS) is 22.4. The van der Waals surface area contributed by atoms with Crippen LogP contribution in [0.2, 0.25) is 0 Å². The molecule has 1 heterocycles. The van der Waals surface area contributed by atoms with Gasteiger partial charge in [-0.15, -0.1) is 0 Å². The van der Waals surface area contributed by atoms with E-state index in [2.05, 4.69) is 27.2 Å². The summed E-state index contributed by atoms with van der Waals surface area (Å²) >= 11 is 1.62. The summed E-state index contributed by atoms with van der Waals surface area (Å²) in [4.78, 5) is 5.74. The minimum atomic E-state index is 0.552. The Kier molecular flexibility index (Phi) is 1.87. The average molecular weight is 205 g/mol. The zero-order valence-corrected chi connectivity index (χ0v) is 8.47. The van der Waals surface area contributed by atoms with Gasteiger partial charge in [-0.3, -0.25) is 4.72 Å². The molecule has 1 aliphatic carbocycles. The fraction of sp³-hybridized carbons (Fsp3) is 0.300. The van der Waals surface area contributed by atoms with Gasteiger partial charge < -0.3 is 5.32 Å². The van der Waals surface area contributed by atoms with Crippen LogP contribution in [-0.4, -0.2) is 12.0 Å². The molecule has 1 saturated carbocycles. The Hall–Kier alpha value is -1.16. The Morgan fingerprint density at radius 3 is 3.00 bits per heavy atom. The maximum Gasteiger partial charge on any atom is 0.206 e. The van der Waals surface area contributed by atoms with Crippen molar-refractivity contribution in [1.29, 1.82) is 0 Å². The van der Waals surface area contributed by atoms with Gasteiger partial charge in [0, 0.05) is 0 Å². The van der Waals surface area contributed by atoms with Crippen LogP contribution in [0.15, 0.2) is 34.2 Å². The van der Waals surface area contributed by atoms with Gasteiger partial charge in [-0.05, 0) is 36.9 Å². The van der Waals surface area contributed by atoms with Gasteiger partial charge in [0.15, 0.2) is 0 Å². The second kappa shape index (κ2) is 3.20. The fourth-order valence-electron chi connectivity index (χ4n) is 1.36. The molecule has 0 radical (unpaired) electrons. The molecule has 0 bridgehead atoms. The average Bonchev–Trinajstić information content (AvgIpc) is 3.02. The monoisotopic (exact) mass is 205 g/mol. The van der Waals surface area contributed by atoms with E-state index in [0.29, 0.717) is 6.04 Å². The van der Waals surface area contributed by atoms with Crippen LogP contribution in [0, 0.1) is 0 Å². The molecule has 4 heteroatoms. The maximum atomic E-state index is 4.52. The molecule has 0 unspecified atom stereocenters. The van der Waals surface area contributed by atoms with Crippen molar-refractivity contribution in [2.75, 3.05) is 5.32 Å². The third kappa shape index (κ3) is 1.57. The summed E-state index contributed by atoms with van der Waals surface area (Å²) in [5.74, 6) is 0.899. The molecule has 0 spiro atoms. The summed E-state index contributed by atoms with van der Waals surface area (Å²) < 4.78 is 3.20. The lowest BCUT2D eigenvalue weighted by Gasteiger charge is -2.19. The first-order chi connectivity index (χ1) is 6.92. The Labute approximate surface area is 87.1 Å². The van der Waals surface area contributed by atoms with E-state index in [4.69, 9.17) is 0 Å². The molecule has 2 N–H and O–H groups in total. The number of rotatable bonds is 1. The lowest BCUT2D eigenvalue weighted by molar-refractivity contribution is 1.05. The number of anilines is 1. The largest absolute Gasteiger partial charge is 0.325 e. The topological polar surface area (TPSA) is 36.4 Å². The molecule has 72 valence electrons. The molecule has 3 nitrogen and oxygen atoms in total. The lowest BCUT2D eigenvalue weighted by Crippen LogP contribution is -2.29. The van der Waals surface area contributed by atoms with E-state index in [1.54, 1.807) is 11.9 Å². The van der Waals surface area contributed by atoms with Crippen molar-refractivity contribution in [3.05, 3.63) is 24.3 Å². The Balaban J connectivity index is 1.85. The minimum Gasteiger partial charge on any atom is -0.325 e. The molecule has 1 fully saturated rings. The van der Waals surface area contributed by atoms with E-state index in [1.165, 1.54) is 17.7 Å². The highest BCUT2D eigenvalue weighted by atomic mass is 32.2. The maximum absolute atomic E-state index is 4.52. The van der Waals surface area contributed by atoms with Gasteiger partial charge in [-0.25, -0.2) is 4.99 Å². The minimum absolute atomic E-state index is 0.552. The summed E-state index contributed by atoms with van der Waals surface area (Å²) in [6.45, 7) is 0. The van der Waals surface area contributed by atoms with Crippen LogP contribution in [0.25, 0.3) is 0 Å². The summed E-state index contributed by atoms with van der Waals surface area (Å²) in [6.07, 6.45) is 2.47. The van der Waals surface area contributed by atoms with Gasteiger partial charge in [-0.1, -0.05) is 12.1 Å². The van der Waals surface area contributed by atoms with E-state index in [-0.39, 0.29) is 0 Å².